The van der Waals surface area contributed by atoms with E-state index >= 15 is 0 Å². The smallest absolute Gasteiger partial charge is 0.257 e. The zero-order chi connectivity index (χ0) is 46.3. The summed E-state index contributed by atoms with van der Waals surface area (Å²) in [5.74, 6) is 0.961. The molecule has 4 heteroatoms. The maximum atomic E-state index is 7.39. The van der Waals surface area contributed by atoms with Crippen LogP contribution in [0.3, 0.4) is 0 Å². The van der Waals surface area contributed by atoms with Crippen LogP contribution in [0.15, 0.2) is 83.3 Å². The van der Waals surface area contributed by atoms with Crippen LogP contribution in [0.5, 0.6) is 0 Å². The highest BCUT2D eigenvalue weighted by atomic mass is 16.4. The van der Waals surface area contributed by atoms with Gasteiger partial charge in [0, 0.05) is 39.3 Å². The lowest BCUT2D eigenvalue weighted by molar-refractivity contribution is 0.332. The number of furan rings is 1. The van der Waals surface area contributed by atoms with Crippen LogP contribution in [-0.2, 0) is 37.9 Å². The first kappa shape index (κ1) is 42.9. The average Bonchev–Trinajstić information content (AvgIpc) is 3.60. The Morgan fingerprint density at radius 2 is 0.908 bits per heavy atom. The van der Waals surface area contributed by atoms with Gasteiger partial charge in [-0.05, 0) is 193 Å². The molecule has 0 bridgehead atoms. The second kappa shape index (κ2) is 13.3. The number of fused-ring (bicyclic) bond motifs is 9. The molecule has 0 saturated carbocycles. The Labute approximate surface area is 391 Å². The van der Waals surface area contributed by atoms with Crippen LogP contribution in [0, 0.1) is 6.92 Å². The van der Waals surface area contributed by atoms with Crippen LogP contribution in [0.1, 0.15) is 187 Å². The van der Waals surface area contributed by atoms with Gasteiger partial charge in [-0.3, -0.25) is 4.90 Å². The minimum absolute atomic E-state index is 0.0193. The molecule has 0 unspecified atom stereocenters. The van der Waals surface area contributed by atoms with E-state index in [1.54, 1.807) is 0 Å². The van der Waals surface area contributed by atoms with Crippen molar-refractivity contribution < 1.29 is 4.42 Å². The minimum Gasteiger partial charge on any atom is -0.440 e. The van der Waals surface area contributed by atoms with Gasteiger partial charge >= 0.3 is 0 Å². The Bertz CT molecular complexity index is 3020. The number of benzene rings is 5. The fraction of sp³-hybridized carbons (Fsp3) is 0.475. The van der Waals surface area contributed by atoms with Gasteiger partial charge in [0.2, 0.25) is 5.88 Å². The van der Waals surface area contributed by atoms with Gasteiger partial charge in [0.1, 0.15) is 5.58 Å². The first-order valence-electron chi connectivity index (χ1n) is 25.0. The van der Waals surface area contributed by atoms with Crippen LogP contribution in [-0.4, -0.2) is 6.71 Å². The zero-order valence-corrected chi connectivity index (χ0v) is 42.6. The van der Waals surface area contributed by atoms with Gasteiger partial charge in [0.05, 0.1) is 0 Å². The third-order valence-electron chi connectivity index (χ3n) is 17.9. The topological polar surface area (TPSA) is 19.6 Å². The summed E-state index contributed by atoms with van der Waals surface area (Å²) >= 11 is 0. The Hall–Kier alpha value is -4.70. The lowest BCUT2D eigenvalue weighted by atomic mass is 9.33. The van der Waals surface area contributed by atoms with Crippen molar-refractivity contribution >= 4 is 68.4 Å². The summed E-state index contributed by atoms with van der Waals surface area (Å²) in [5.41, 5.74) is 23.3. The third kappa shape index (κ3) is 6.19. The van der Waals surface area contributed by atoms with E-state index in [0.717, 1.165) is 11.5 Å². The van der Waals surface area contributed by atoms with Gasteiger partial charge in [-0.15, -0.1) is 0 Å². The number of hydrogen-bond acceptors (Lipinski definition) is 3. The molecule has 2 aliphatic heterocycles. The van der Waals surface area contributed by atoms with Gasteiger partial charge < -0.3 is 9.32 Å². The number of aryl methyl sites for hydroxylation is 1. The van der Waals surface area contributed by atoms with E-state index in [0.29, 0.717) is 0 Å². The van der Waals surface area contributed by atoms with E-state index < -0.39 is 0 Å². The van der Waals surface area contributed by atoms with E-state index in [9.17, 15) is 0 Å². The molecule has 3 aliphatic carbocycles. The average molecular weight is 861 g/mol. The summed E-state index contributed by atoms with van der Waals surface area (Å²) in [4.78, 5) is 5.22. The van der Waals surface area contributed by atoms with Crippen molar-refractivity contribution in [3.8, 4) is 0 Å². The van der Waals surface area contributed by atoms with E-state index in [2.05, 4.69) is 199 Å². The normalized spacial score (nSPS) is 21.2. The Morgan fingerprint density at radius 1 is 0.462 bits per heavy atom. The second-order valence-electron chi connectivity index (χ2n) is 26.3. The molecule has 0 fully saturated rings. The minimum atomic E-state index is -0.0262. The molecular formula is C61H73BN2O. The predicted molar refractivity (Wildman–Crippen MR) is 280 cm³/mol. The molecule has 3 heterocycles. The lowest BCUT2D eigenvalue weighted by Crippen LogP contribution is -2.61. The highest BCUT2D eigenvalue weighted by Gasteiger charge is 2.50. The Kier molecular flexibility index (Phi) is 8.75. The van der Waals surface area contributed by atoms with Crippen molar-refractivity contribution in [1.82, 2.24) is 0 Å². The van der Waals surface area contributed by atoms with Crippen molar-refractivity contribution in [3.05, 3.63) is 123 Å². The van der Waals surface area contributed by atoms with Gasteiger partial charge in [0.25, 0.3) is 6.71 Å². The summed E-state index contributed by atoms with van der Waals surface area (Å²) in [5, 5.41) is 1.23. The summed E-state index contributed by atoms with van der Waals surface area (Å²) in [6.45, 7) is 38.8. The van der Waals surface area contributed by atoms with Crippen LogP contribution in [0.2, 0.25) is 0 Å². The van der Waals surface area contributed by atoms with Crippen LogP contribution < -0.4 is 26.2 Å². The van der Waals surface area contributed by atoms with Crippen LogP contribution in [0.4, 0.5) is 34.3 Å². The van der Waals surface area contributed by atoms with E-state index in [1.165, 1.54) is 133 Å². The molecule has 0 saturated heterocycles. The quantitative estimate of drug-likeness (QED) is 0.161. The summed E-state index contributed by atoms with van der Waals surface area (Å²) in [7, 11) is 0. The summed E-state index contributed by atoms with van der Waals surface area (Å²) < 4.78 is 7.39. The largest absolute Gasteiger partial charge is 0.440 e. The number of rotatable bonds is 2. The lowest BCUT2D eigenvalue weighted by Gasteiger charge is -2.47. The fourth-order valence-corrected chi connectivity index (χ4v) is 13.1. The molecular weight excluding hydrogens is 787 g/mol. The predicted octanol–water partition coefficient (Wildman–Crippen LogP) is 15.2. The molecule has 336 valence electrons. The van der Waals surface area contributed by atoms with Gasteiger partial charge in [0.15, 0.2) is 0 Å². The zero-order valence-electron chi connectivity index (χ0n) is 42.6. The van der Waals surface area contributed by atoms with Crippen LogP contribution >= 0.6 is 0 Å². The molecule has 0 N–H and O–H groups in total. The second-order valence-corrected chi connectivity index (χ2v) is 26.3. The molecule has 65 heavy (non-hydrogen) atoms. The molecule has 11 rings (SSSR count). The molecule has 5 aromatic carbocycles. The van der Waals surface area contributed by atoms with Crippen molar-refractivity contribution in [2.24, 2.45) is 0 Å². The van der Waals surface area contributed by atoms with Gasteiger partial charge in [-0.1, -0.05) is 128 Å². The molecule has 0 spiro atoms. The van der Waals surface area contributed by atoms with E-state index in [-0.39, 0.29) is 44.6 Å². The third-order valence-corrected chi connectivity index (χ3v) is 17.9. The standard InChI is InChI=1S/C61H73BN2O/c1-36-29-49-53-50(30-36)64(39-19-21-42-44(33-39)59(11,12)26-24-57(42,7)8)54-52(40-31-37(55(2,3)4)17-22-51(40)65-54)62(53)47-34-45-46(61(15,16)28-27-60(45,13)14)35-48(47)63(49)38-18-20-41-43(32-38)58(9,10)25-23-56(41,5)6/h17-22,29-35H,23-28H2,1-16H3. The van der Waals surface area contributed by atoms with Crippen molar-refractivity contribution in [2.45, 2.75) is 187 Å². The monoisotopic (exact) mass is 861 g/mol. The molecule has 6 aromatic rings. The molecule has 0 amide bonds. The molecule has 3 nitrogen and oxygen atoms in total. The molecule has 5 aliphatic rings. The maximum absolute atomic E-state index is 7.39. The fourth-order valence-electron chi connectivity index (χ4n) is 13.1. The summed E-state index contributed by atoms with van der Waals surface area (Å²) in [6, 6.07) is 32.2. The van der Waals surface area contributed by atoms with Crippen LogP contribution in [0.25, 0.3) is 11.0 Å². The number of hydrogen-bond donors (Lipinski definition) is 0. The maximum Gasteiger partial charge on any atom is 0.257 e. The first-order valence-corrected chi connectivity index (χ1v) is 25.0. The highest BCUT2D eigenvalue weighted by Crippen LogP contribution is 2.54. The van der Waals surface area contributed by atoms with Crippen molar-refractivity contribution in [1.29, 1.82) is 0 Å². The van der Waals surface area contributed by atoms with Crippen molar-refractivity contribution in [2.75, 3.05) is 9.80 Å². The SMILES string of the molecule is Cc1cc2c3c(c1)N(c1ccc4c(c1)C(C)(C)CCC4(C)C)c1oc4ccc(C(C)(C)C)cc4c1B3c1cc3c(cc1N2c1ccc2c(c1)C(C)(C)CCC2(C)C)C(C)(C)CCC3(C)C. The number of nitrogens with zero attached hydrogens (tertiary/aromatic N) is 2. The Morgan fingerprint density at radius 3 is 1.42 bits per heavy atom. The molecule has 1 aromatic heterocycles. The van der Waals surface area contributed by atoms with Gasteiger partial charge in [-0.2, -0.15) is 0 Å². The highest BCUT2D eigenvalue weighted by molar-refractivity contribution is 7.01. The van der Waals surface area contributed by atoms with E-state index in [4.69, 9.17) is 4.42 Å². The number of anilines is 6. The van der Waals surface area contributed by atoms with Gasteiger partial charge in [-0.25, -0.2) is 0 Å². The Balaban J connectivity index is 1.27. The first-order chi connectivity index (χ1) is 30.2. The summed E-state index contributed by atoms with van der Waals surface area (Å²) in [6.07, 6.45) is 7.09. The molecule has 0 radical (unpaired) electrons. The molecule has 0 atom stereocenters. The van der Waals surface area contributed by atoms with Crippen molar-refractivity contribution in [3.63, 3.8) is 0 Å². The van der Waals surface area contributed by atoms with E-state index in [1.807, 2.05) is 0 Å².